The number of amides is 1. The first-order chi connectivity index (χ1) is 11.1. The molecule has 3 rings (SSSR count). The first kappa shape index (κ1) is 15.3. The first-order valence-corrected chi connectivity index (χ1v) is 7.74. The minimum atomic E-state index is -0.812. The maximum atomic E-state index is 11.4. The van der Waals surface area contributed by atoms with Crippen molar-refractivity contribution in [2.24, 2.45) is 5.73 Å². The number of primary amides is 1. The van der Waals surface area contributed by atoms with E-state index in [1.54, 1.807) is 13.2 Å². The van der Waals surface area contributed by atoms with Crippen molar-refractivity contribution in [3.63, 3.8) is 0 Å². The summed E-state index contributed by atoms with van der Waals surface area (Å²) in [5, 5.41) is 0. The van der Waals surface area contributed by atoms with Crippen molar-refractivity contribution >= 4 is 6.09 Å². The topological polar surface area (TPSA) is 74.4 Å². The quantitative estimate of drug-likeness (QED) is 0.942. The summed E-state index contributed by atoms with van der Waals surface area (Å²) in [5.74, 6) is 1.02. The number of aryl methyl sites for hydroxylation is 1. The van der Waals surface area contributed by atoms with Gasteiger partial charge in [-0.05, 0) is 61.4 Å². The number of ether oxygens (including phenoxy) is 2. The Balaban J connectivity index is 2.20. The molecule has 0 saturated heterocycles. The first-order valence-electron chi connectivity index (χ1n) is 7.74. The molecule has 0 fully saturated rings. The molecule has 120 valence electrons. The smallest absolute Gasteiger partial charge is 0.409 e. The van der Waals surface area contributed by atoms with Gasteiger partial charge in [-0.15, -0.1) is 0 Å². The van der Waals surface area contributed by atoms with Crippen molar-refractivity contribution in [3.8, 4) is 22.9 Å². The van der Waals surface area contributed by atoms with Crippen LogP contribution in [0.5, 0.6) is 11.6 Å². The Bertz CT molecular complexity index is 756. The Hall–Kier alpha value is -2.56. The van der Waals surface area contributed by atoms with Crippen LogP contribution in [0.15, 0.2) is 24.3 Å². The third kappa shape index (κ3) is 2.99. The van der Waals surface area contributed by atoms with Gasteiger partial charge in [-0.1, -0.05) is 6.07 Å². The largest absolute Gasteiger partial charge is 0.481 e. The van der Waals surface area contributed by atoms with Crippen molar-refractivity contribution in [1.82, 2.24) is 4.98 Å². The number of aromatic nitrogens is 1. The lowest BCUT2D eigenvalue weighted by Crippen LogP contribution is -2.18. The second-order valence-corrected chi connectivity index (χ2v) is 5.71. The van der Waals surface area contributed by atoms with Crippen LogP contribution in [0.25, 0.3) is 11.3 Å². The van der Waals surface area contributed by atoms with Crippen molar-refractivity contribution in [1.29, 1.82) is 0 Å². The molecular formula is C18H20N2O3. The molecule has 5 nitrogen and oxygen atoms in total. The molecule has 1 aliphatic rings. The van der Waals surface area contributed by atoms with E-state index < -0.39 is 6.09 Å². The average molecular weight is 312 g/mol. The summed E-state index contributed by atoms with van der Waals surface area (Å²) in [7, 11) is 1.57. The molecule has 1 heterocycles. The van der Waals surface area contributed by atoms with Crippen LogP contribution in [-0.2, 0) is 12.8 Å². The van der Waals surface area contributed by atoms with Crippen LogP contribution >= 0.6 is 0 Å². The molecule has 0 spiro atoms. The molecule has 1 aliphatic carbocycles. The fraction of sp³-hybridized carbons (Fsp3) is 0.333. The van der Waals surface area contributed by atoms with Crippen molar-refractivity contribution in [2.45, 2.75) is 32.6 Å². The summed E-state index contributed by atoms with van der Waals surface area (Å²) in [6.45, 7) is 1.98. The van der Waals surface area contributed by atoms with Gasteiger partial charge in [0.2, 0.25) is 5.88 Å². The highest BCUT2D eigenvalue weighted by Crippen LogP contribution is 2.39. The maximum absolute atomic E-state index is 11.4. The molecule has 2 aromatic rings. The third-order valence-electron chi connectivity index (χ3n) is 4.28. The van der Waals surface area contributed by atoms with Crippen LogP contribution in [0.2, 0.25) is 0 Å². The number of hydrogen-bond donors (Lipinski definition) is 1. The zero-order chi connectivity index (χ0) is 16.4. The van der Waals surface area contributed by atoms with E-state index in [0.29, 0.717) is 17.3 Å². The minimum Gasteiger partial charge on any atom is -0.481 e. The Morgan fingerprint density at radius 1 is 1.26 bits per heavy atom. The standard InChI is InChI=1S/C18H20N2O3/c1-11-13-7-4-3-6-12(13)10-14(17(11)23-18(19)21)15-8-5-9-16(20-15)22-2/h5,8-10H,3-4,6-7H2,1-2H3,(H2,19,21). The molecule has 0 radical (unpaired) electrons. The lowest BCUT2D eigenvalue weighted by molar-refractivity contribution is 0.210. The van der Waals surface area contributed by atoms with E-state index in [0.717, 1.165) is 30.4 Å². The number of pyridine rings is 1. The number of nitrogens with two attached hydrogens (primary N) is 1. The van der Waals surface area contributed by atoms with Gasteiger partial charge in [-0.3, -0.25) is 0 Å². The molecule has 1 amide bonds. The zero-order valence-corrected chi connectivity index (χ0v) is 13.4. The molecule has 0 unspecified atom stereocenters. The SMILES string of the molecule is COc1cccc(-c2cc3c(c(C)c2OC(N)=O)CCCC3)n1. The van der Waals surface area contributed by atoms with E-state index in [1.807, 2.05) is 19.1 Å². The summed E-state index contributed by atoms with van der Waals surface area (Å²) in [6, 6.07) is 7.59. The minimum absolute atomic E-state index is 0.499. The zero-order valence-electron chi connectivity index (χ0n) is 13.4. The fourth-order valence-corrected chi connectivity index (χ4v) is 3.20. The summed E-state index contributed by atoms with van der Waals surface area (Å²) < 4.78 is 10.5. The molecule has 0 bridgehead atoms. The van der Waals surface area contributed by atoms with Gasteiger partial charge < -0.3 is 15.2 Å². The number of benzene rings is 1. The summed E-state index contributed by atoms with van der Waals surface area (Å²) in [5.41, 5.74) is 10.3. The van der Waals surface area contributed by atoms with Gasteiger partial charge in [0.15, 0.2) is 0 Å². The lowest BCUT2D eigenvalue weighted by atomic mass is 9.86. The van der Waals surface area contributed by atoms with Gasteiger partial charge in [0.25, 0.3) is 0 Å². The number of hydrogen-bond acceptors (Lipinski definition) is 4. The molecule has 2 N–H and O–H groups in total. The van der Waals surface area contributed by atoms with Gasteiger partial charge in [0, 0.05) is 11.6 Å². The van der Waals surface area contributed by atoms with E-state index in [1.165, 1.54) is 17.5 Å². The van der Waals surface area contributed by atoms with Gasteiger partial charge in [-0.2, -0.15) is 0 Å². The van der Waals surface area contributed by atoms with Gasteiger partial charge in [-0.25, -0.2) is 9.78 Å². The van der Waals surface area contributed by atoms with E-state index in [-0.39, 0.29) is 0 Å². The van der Waals surface area contributed by atoms with E-state index in [9.17, 15) is 4.79 Å². The summed E-state index contributed by atoms with van der Waals surface area (Å²) in [6.07, 6.45) is 3.55. The molecule has 0 atom stereocenters. The van der Waals surface area contributed by atoms with Crippen molar-refractivity contribution in [3.05, 3.63) is 41.0 Å². The highest BCUT2D eigenvalue weighted by molar-refractivity contribution is 5.78. The summed E-state index contributed by atoms with van der Waals surface area (Å²) >= 11 is 0. The van der Waals surface area contributed by atoms with Crippen molar-refractivity contribution in [2.75, 3.05) is 7.11 Å². The maximum Gasteiger partial charge on any atom is 0.409 e. The lowest BCUT2D eigenvalue weighted by Gasteiger charge is -2.22. The molecule has 1 aromatic heterocycles. The number of nitrogens with zero attached hydrogens (tertiary/aromatic N) is 1. The monoisotopic (exact) mass is 312 g/mol. The number of rotatable bonds is 3. The van der Waals surface area contributed by atoms with Crippen LogP contribution in [0.4, 0.5) is 4.79 Å². The van der Waals surface area contributed by atoms with Gasteiger partial charge in [0.05, 0.1) is 12.8 Å². The highest BCUT2D eigenvalue weighted by atomic mass is 16.5. The Morgan fingerprint density at radius 2 is 2.04 bits per heavy atom. The predicted octanol–water partition coefficient (Wildman–Crippen LogP) is 3.40. The number of methoxy groups -OCH3 is 1. The molecule has 5 heteroatoms. The Morgan fingerprint density at radius 3 is 2.78 bits per heavy atom. The van der Waals surface area contributed by atoms with Crippen LogP contribution in [0, 0.1) is 6.92 Å². The normalized spacial score (nSPS) is 13.3. The second-order valence-electron chi connectivity index (χ2n) is 5.71. The third-order valence-corrected chi connectivity index (χ3v) is 4.28. The molecule has 0 aliphatic heterocycles. The second kappa shape index (κ2) is 6.28. The number of fused-ring (bicyclic) bond motifs is 1. The van der Waals surface area contributed by atoms with Crippen LogP contribution in [-0.4, -0.2) is 18.2 Å². The molecular weight excluding hydrogens is 292 g/mol. The van der Waals surface area contributed by atoms with Crippen LogP contribution in [0.1, 0.15) is 29.5 Å². The Kier molecular flexibility index (Phi) is 4.19. The van der Waals surface area contributed by atoms with Crippen LogP contribution < -0.4 is 15.2 Å². The Labute approximate surface area is 135 Å². The average Bonchev–Trinajstić information content (AvgIpc) is 2.57. The predicted molar refractivity (Wildman–Crippen MR) is 87.8 cm³/mol. The fourth-order valence-electron chi connectivity index (χ4n) is 3.20. The van der Waals surface area contributed by atoms with Crippen molar-refractivity contribution < 1.29 is 14.3 Å². The number of carbonyl (C=O) groups excluding carboxylic acids is 1. The molecule has 23 heavy (non-hydrogen) atoms. The molecule has 0 saturated carbocycles. The van der Waals surface area contributed by atoms with E-state index in [4.69, 9.17) is 15.2 Å². The number of carbonyl (C=O) groups is 1. The van der Waals surface area contributed by atoms with E-state index >= 15 is 0 Å². The highest BCUT2D eigenvalue weighted by Gasteiger charge is 2.21. The van der Waals surface area contributed by atoms with E-state index in [2.05, 4.69) is 11.1 Å². The molecule has 1 aromatic carbocycles. The van der Waals surface area contributed by atoms with Gasteiger partial charge in [0.1, 0.15) is 5.75 Å². The van der Waals surface area contributed by atoms with Gasteiger partial charge >= 0.3 is 6.09 Å². The summed E-state index contributed by atoms with van der Waals surface area (Å²) in [4.78, 5) is 15.8. The van der Waals surface area contributed by atoms with Crippen LogP contribution in [0.3, 0.4) is 0 Å².